The molecule has 1 amide bonds. The SMILES string of the molecule is O=C(CC1CCCCC1)N1C2CC[C@H]1C(Cn1ncc3cc(-c4cn[nH]c4)ccc31)C2. The summed E-state index contributed by atoms with van der Waals surface area (Å²) in [7, 11) is 0. The maximum atomic E-state index is 13.2. The first kappa shape index (κ1) is 19.1. The zero-order chi connectivity index (χ0) is 20.8. The molecule has 2 bridgehead atoms. The zero-order valence-electron chi connectivity index (χ0n) is 18.0. The summed E-state index contributed by atoms with van der Waals surface area (Å²) in [6, 6.07) is 7.37. The molecule has 2 saturated heterocycles. The Balaban J connectivity index is 1.17. The fraction of sp³-hybridized carbons (Fsp3) is 0.560. The predicted octanol–water partition coefficient (Wildman–Crippen LogP) is 4.78. The lowest BCUT2D eigenvalue weighted by atomic mass is 9.86. The van der Waals surface area contributed by atoms with E-state index in [1.165, 1.54) is 44.0 Å². The Morgan fingerprint density at radius 2 is 1.97 bits per heavy atom. The molecule has 3 fully saturated rings. The number of H-pyrrole nitrogens is 1. The average Bonchev–Trinajstić information content (AvgIpc) is 3.58. The van der Waals surface area contributed by atoms with Crippen LogP contribution in [0, 0.1) is 11.8 Å². The van der Waals surface area contributed by atoms with Crippen LogP contribution in [0.5, 0.6) is 0 Å². The van der Waals surface area contributed by atoms with Gasteiger partial charge in [-0.25, -0.2) is 0 Å². The monoisotopic (exact) mass is 417 g/mol. The first-order valence-electron chi connectivity index (χ1n) is 12.0. The largest absolute Gasteiger partial charge is 0.336 e. The second-order valence-corrected chi connectivity index (χ2v) is 9.89. The Labute approximate surface area is 183 Å². The van der Waals surface area contributed by atoms with Crippen LogP contribution in [-0.4, -0.2) is 42.9 Å². The minimum absolute atomic E-state index is 0.408. The molecule has 6 heteroatoms. The van der Waals surface area contributed by atoms with Crippen molar-refractivity contribution in [2.24, 2.45) is 11.8 Å². The third kappa shape index (κ3) is 3.46. The summed E-state index contributed by atoms with van der Waals surface area (Å²) < 4.78 is 2.16. The lowest BCUT2D eigenvalue weighted by molar-refractivity contribution is -0.133. The summed E-state index contributed by atoms with van der Waals surface area (Å²) in [5.74, 6) is 1.57. The van der Waals surface area contributed by atoms with Gasteiger partial charge in [0.25, 0.3) is 0 Å². The maximum Gasteiger partial charge on any atom is 0.223 e. The molecule has 3 aromatic rings. The van der Waals surface area contributed by atoms with E-state index < -0.39 is 0 Å². The van der Waals surface area contributed by atoms with Crippen LogP contribution in [0.1, 0.15) is 57.8 Å². The van der Waals surface area contributed by atoms with E-state index in [2.05, 4.69) is 38.0 Å². The summed E-state index contributed by atoms with van der Waals surface area (Å²) in [6.07, 6.45) is 16.5. The number of hydrogen-bond acceptors (Lipinski definition) is 3. The number of fused-ring (bicyclic) bond motifs is 3. The van der Waals surface area contributed by atoms with Gasteiger partial charge in [0.05, 0.1) is 17.9 Å². The molecule has 3 atom stereocenters. The van der Waals surface area contributed by atoms with Gasteiger partial charge in [0.2, 0.25) is 5.91 Å². The first-order chi connectivity index (χ1) is 15.3. The normalized spacial score (nSPS) is 26.2. The van der Waals surface area contributed by atoms with Crippen molar-refractivity contribution < 1.29 is 4.79 Å². The van der Waals surface area contributed by atoms with Crippen LogP contribution < -0.4 is 0 Å². The van der Waals surface area contributed by atoms with Crippen LogP contribution in [0.15, 0.2) is 36.8 Å². The molecule has 1 aliphatic carbocycles. The van der Waals surface area contributed by atoms with Crippen LogP contribution in [0.3, 0.4) is 0 Å². The molecule has 4 heterocycles. The van der Waals surface area contributed by atoms with Crippen LogP contribution in [-0.2, 0) is 11.3 Å². The van der Waals surface area contributed by atoms with Crippen molar-refractivity contribution in [2.75, 3.05) is 0 Å². The molecule has 6 nitrogen and oxygen atoms in total. The molecule has 0 radical (unpaired) electrons. The summed E-state index contributed by atoms with van der Waals surface area (Å²) in [4.78, 5) is 15.5. The number of amides is 1. The molecule has 2 aromatic heterocycles. The molecule has 1 saturated carbocycles. The van der Waals surface area contributed by atoms with E-state index in [0.29, 0.717) is 29.8 Å². The van der Waals surface area contributed by atoms with Gasteiger partial charge in [0.15, 0.2) is 0 Å². The van der Waals surface area contributed by atoms with Gasteiger partial charge < -0.3 is 4.90 Å². The summed E-state index contributed by atoms with van der Waals surface area (Å²) >= 11 is 0. The first-order valence-corrected chi connectivity index (χ1v) is 12.0. The van der Waals surface area contributed by atoms with E-state index in [1.54, 1.807) is 0 Å². The van der Waals surface area contributed by atoms with Gasteiger partial charge >= 0.3 is 0 Å². The summed E-state index contributed by atoms with van der Waals surface area (Å²) in [6.45, 7) is 0.906. The number of hydrogen-bond donors (Lipinski definition) is 1. The molecule has 0 spiro atoms. The minimum Gasteiger partial charge on any atom is -0.336 e. The van der Waals surface area contributed by atoms with E-state index >= 15 is 0 Å². The Bertz CT molecular complexity index is 1060. The number of carbonyl (C=O) groups excluding carboxylic acids is 1. The van der Waals surface area contributed by atoms with E-state index in [1.807, 2.05) is 18.6 Å². The Morgan fingerprint density at radius 1 is 1.06 bits per heavy atom. The van der Waals surface area contributed by atoms with Gasteiger partial charge in [-0.1, -0.05) is 25.3 Å². The Hall–Kier alpha value is -2.63. The van der Waals surface area contributed by atoms with Crippen molar-refractivity contribution >= 4 is 16.8 Å². The molecule has 162 valence electrons. The van der Waals surface area contributed by atoms with Crippen LogP contribution in [0.4, 0.5) is 0 Å². The van der Waals surface area contributed by atoms with Crippen LogP contribution in [0.2, 0.25) is 0 Å². The van der Waals surface area contributed by atoms with Crippen molar-refractivity contribution in [2.45, 2.75) is 76.4 Å². The molecular weight excluding hydrogens is 386 g/mol. The van der Waals surface area contributed by atoms with Gasteiger partial charge in [-0.15, -0.1) is 0 Å². The number of nitrogens with one attached hydrogen (secondary N) is 1. The second kappa shape index (κ2) is 7.81. The molecule has 2 aliphatic heterocycles. The highest BCUT2D eigenvalue weighted by Gasteiger charge is 2.48. The van der Waals surface area contributed by atoms with Crippen molar-refractivity contribution in [3.05, 3.63) is 36.8 Å². The van der Waals surface area contributed by atoms with E-state index in [9.17, 15) is 4.79 Å². The number of benzene rings is 1. The van der Waals surface area contributed by atoms with E-state index in [0.717, 1.165) is 42.3 Å². The summed E-state index contributed by atoms with van der Waals surface area (Å²) in [5.41, 5.74) is 3.42. The lowest BCUT2D eigenvalue weighted by Crippen LogP contribution is -2.38. The highest BCUT2D eigenvalue weighted by molar-refractivity contribution is 5.84. The third-order valence-electron chi connectivity index (χ3n) is 8.02. The smallest absolute Gasteiger partial charge is 0.223 e. The summed E-state index contributed by atoms with van der Waals surface area (Å²) in [5, 5.41) is 12.8. The highest BCUT2D eigenvalue weighted by atomic mass is 16.2. The predicted molar refractivity (Wildman–Crippen MR) is 120 cm³/mol. The number of carbonyl (C=O) groups is 1. The van der Waals surface area contributed by atoms with E-state index in [4.69, 9.17) is 5.10 Å². The fourth-order valence-corrected chi connectivity index (χ4v) is 6.48. The number of aromatic nitrogens is 4. The zero-order valence-corrected chi connectivity index (χ0v) is 18.0. The molecular formula is C25H31N5O. The number of aromatic amines is 1. The fourth-order valence-electron chi connectivity index (χ4n) is 6.48. The quantitative estimate of drug-likeness (QED) is 0.650. The molecule has 3 aliphatic rings. The molecule has 1 N–H and O–H groups in total. The Morgan fingerprint density at radius 3 is 2.81 bits per heavy atom. The van der Waals surface area contributed by atoms with Crippen molar-refractivity contribution in [3.8, 4) is 11.1 Å². The maximum absolute atomic E-state index is 13.2. The van der Waals surface area contributed by atoms with Gasteiger partial charge in [-0.05, 0) is 55.7 Å². The topological polar surface area (TPSA) is 66.8 Å². The standard InChI is InChI=1S/C25H31N5O/c31-25(10-17-4-2-1-3-5-17)30-22-7-9-24(30)20(12-22)16-29-23-8-6-18(11-19(23)15-28-29)21-13-26-27-14-21/h6,8,11,13-15,17,20,22,24H,1-5,7,9-10,12,16H2,(H,26,27)/t20?,22?,24-/m0/s1. The minimum atomic E-state index is 0.408. The van der Waals surface area contributed by atoms with Gasteiger partial charge in [0.1, 0.15) is 0 Å². The van der Waals surface area contributed by atoms with Crippen molar-refractivity contribution in [3.63, 3.8) is 0 Å². The third-order valence-corrected chi connectivity index (χ3v) is 8.02. The Kier molecular flexibility index (Phi) is 4.81. The van der Waals surface area contributed by atoms with Crippen LogP contribution in [0.25, 0.3) is 22.0 Å². The number of nitrogens with zero attached hydrogens (tertiary/aromatic N) is 4. The van der Waals surface area contributed by atoms with E-state index in [-0.39, 0.29) is 0 Å². The molecule has 2 unspecified atom stereocenters. The molecule has 6 rings (SSSR count). The average molecular weight is 418 g/mol. The second-order valence-electron chi connectivity index (χ2n) is 9.89. The van der Waals surface area contributed by atoms with Gasteiger partial charge in [-0.2, -0.15) is 10.2 Å². The highest BCUT2D eigenvalue weighted by Crippen LogP contribution is 2.43. The molecule has 1 aromatic carbocycles. The molecule has 31 heavy (non-hydrogen) atoms. The van der Waals surface area contributed by atoms with Crippen molar-refractivity contribution in [1.29, 1.82) is 0 Å². The van der Waals surface area contributed by atoms with Gasteiger partial charge in [-0.3, -0.25) is 14.6 Å². The number of rotatable bonds is 5. The van der Waals surface area contributed by atoms with Crippen LogP contribution >= 0.6 is 0 Å². The lowest BCUT2D eigenvalue weighted by Gasteiger charge is -2.28. The van der Waals surface area contributed by atoms with Crippen molar-refractivity contribution in [1.82, 2.24) is 24.9 Å². The van der Waals surface area contributed by atoms with Gasteiger partial charge in [0, 0.05) is 48.1 Å².